The van der Waals surface area contributed by atoms with Gasteiger partial charge in [-0.2, -0.15) is 0 Å². The van der Waals surface area contributed by atoms with Gasteiger partial charge in [-0.25, -0.2) is 5.48 Å². The van der Waals surface area contributed by atoms with Crippen LogP contribution in [0.1, 0.15) is 12.0 Å². The van der Waals surface area contributed by atoms with Crippen LogP contribution in [0.2, 0.25) is 0 Å². The van der Waals surface area contributed by atoms with Crippen molar-refractivity contribution in [2.75, 3.05) is 7.05 Å². The zero-order chi connectivity index (χ0) is 12.0. The Morgan fingerprint density at radius 2 is 1.94 bits per heavy atom. The molecule has 1 aromatic rings. The SMILES string of the molecule is CN(Cc1ccccc1)C(=O)CC(=O)NO. The zero-order valence-corrected chi connectivity index (χ0v) is 9.01. The fourth-order valence-electron chi connectivity index (χ4n) is 1.26. The van der Waals surface area contributed by atoms with E-state index in [0.717, 1.165) is 5.56 Å². The van der Waals surface area contributed by atoms with Crippen molar-refractivity contribution in [1.29, 1.82) is 0 Å². The van der Waals surface area contributed by atoms with Crippen LogP contribution in [0.4, 0.5) is 0 Å². The van der Waals surface area contributed by atoms with Crippen molar-refractivity contribution in [2.24, 2.45) is 0 Å². The van der Waals surface area contributed by atoms with Crippen LogP contribution in [0.5, 0.6) is 0 Å². The summed E-state index contributed by atoms with van der Waals surface area (Å²) in [5, 5.41) is 8.28. The maximum atomic E-state index is 11.5. The van der Waals surface area contributed by atoms with Crippen molar-refractivity contribution in [3.8, 4) is 0 Å². The molecule has 0 aliphatic carbocycles. The van der Waals surface area contributed by atoms with Crippen LogP contribution in [0.3, 0.4) is 0 Å². The number of hydrogen-bond acceptors (Lipinski definition) is 3. The predicted octanol–water partition coefficient (Wildman–Crippen LogP) is 0.540. The summed E-state index contributed by atoms with van der Waals surface area (Å²) in [4.78, 5) is 23.7. The number of nitrogens with zero attached hydrogens (tertiary/aromatic N) is 1. The number of rotatable bonds is 4. The molecule has 1 rings (SSSR count). The minimum Gasteiger partial charge on any atom is -0.341 e. The van der Waals surface area contributed by atoms with Gasteiger partial charge in [-0.15, -0.1) is 0 Å². The monoisotopic (exact) mass is 222 g/mol. The molecule has 0 aliphatic rings. The Morgan fingerprint density at radius 3 is 2.50 bits per heavy atom. The molecule has 0 fully saturated rings. The molecule has 0 bridgehead atoms. The Hall–Kier alpha value is -1.88. The molecular weight excluding hydrogens is 208 g/mol. The number of carbonyl (C=O) groups is 2. The highest BCUT2D eigenvalue weighted by molar-refractivity contribution is 5.96. The van der Waals surface area contributed by atoms with Crippen LogP contribution in [0, 0.1) is 0 Å². The third-order valence-corrected chi connectivity index (χ3v) is 2.12. The summed E-state index contributed by atoms with van der Waals surface area (Å²) in [6, 6.07) is 9.46. The third kappa shape index (κ3) is 3.70. The van der Waals surface area contributed by atoms with Gasteiger partial charge in [-0.05, 0) is 5.56 Å². The molecule has 0 atom stereocenters. The first-order valence-electron chi connectivity index (χ1n) is 4.84. The minimum absolute atomic E-state index is 0.338. The highest BCUT2D eigenvalue weighted by atomic mass is 16.5. The molecule has 2 N–H and O–H groups in total. The zero-order valence-electron chi connectivity index (χ0n) is 9.01. The van der Waals surface area contributed by atoms with E-state index in [1.807, 2.05) is 30.3 Å². The largest absolute Gasteiger partial charge is 0.341 e. The van der Waals surface area contributed by atoms with Gasteiger partial charge in [0.15, 0.2) is 0 Å². The molecular formula is C11H14N2O3. The molecule has 2 amide bonds. The third-order valence-electron chi connectivity index (χ3n) is 2.12. The summed E-state index contributed by atoms with van der Waals surface area (Å²) in [6.07, 6.45) is -0.347. The van der Waals surface area contributed by atoms with Crippen molar-refractivity contribution in [2.45, 2.75) is 13.0 Å². The Labute approximate surface area is 93.6 Å². The molecule has 5 heteroatoms. The molecule has 1 aromatic carbocycles. The van der Waals surface area contributed by atoms with Crippen LogP contribution >= 0.6 is 0 Å². The molecule has 0 spiro atoms. The fraction of sp³-hybridized carbons (Fsp3) is 0.273. The van der Waals surface area contributed by atoms with Crippen LogP contribution in [0.25, 0.3) is 0 Å². The van der Waals surface area contributed by atoms with Gasteiger partial charge in [0.1, 0.15) is 6.42 Å². The Morgan fingerprint density at radius 1 is 1.31 bits per heavy atom. The minimum atomic E-state index is -0.704. The van der Waals surface area contributed by atoms with Gasteiger partial charge in [0.25, 0.3) is 5.91 Å². The van der Waals surface area contributed by atoms with E-state index in [-0.39, 0.29) is 12.3 Å². The lowest BCUT2D eigenvalue weighted by Crippen LogP contribution is -2.31. The summed E-state index contributed by atoms with van der Waals surface area (Å²) in [6.45, 7) is 0.443. The molecule has 0 saturated carbocycles. The molecule has 0 aliphatic heterocycles. The highest BCUT2D eigenvalue weighted by Crippen LogP contribution is 2.03. The maximum absolute atomic E-state index is 11.5. The van der Waals surface area contributed by atoms with Crippen molar-refractivity contribution in [3.05, 3.63) is 35.9 Å². The van der Waals surface area contributed by atoms with Crippen molar-refractivity contribution < 1.29 is 14.8 Å². The van der Waals surface area contributed by atoms with E-state index in [9.17, 15) is 9.59 Å². The Balaban J connectivity index is 2.49. The summed E-state index contributed by atoms with van der Waals surface area (Å²) in [7, 11) is 1.61. The van der Waals surface area contributed by atoms with Gasteiger partial charge in [0.2, 0.25) is 5.91 Å². The van der Waals surface area contributed by atoms with Crippen LogP contribution < -0.4 is 5.48 Å². The lowest BCUT2D eigenvalue weighted by molar-refractivity contribution is -0.139. The standard InChI is InChI=1S/C11H14N2O3/c1-13(11(15)7-10(14)12-16)8-9-5-3-2-4-6-9/h2-6,16H,7-8H2,1H3,(H,12,14). The highest BCUT2D eigenvalue weighted by Gasteiger charge is 2.13. The maximum Gasteiger partial charge on any atom is 0.252 e. The summed E-state index contributed by atoms with van der Waals surface area (Å²) >= 11 is 0. The first-order valence-corrected chi connectivity index (χ1v) is 4.84. The smallest absolute Gasteiger partial charge is 0.252 e. The molecule has 0 unspecified atom stereocenters. The van der Waals surface area contributed by atoms with Gasteiger partial charge in [-0.3, -0.25) is 14.8 Å². The Kier molecular flexibility index (Phi) is 4.47. The molecule has 0 radical (unpaired) electrons. The predicted molar refractivity (Wildman–Crippen MR) is 57.5 cm³/mol. The number of nitrogens with one attached hydrogen (secondary N) is 1. The van der Waals surface area contributed by atoms with E-state index >= 15 is 0 Å². The number of amides is 2. The molecule has 0 saturated heterocycles. The average molecular weight is 222 g/mol. The van der Waals surface area contributed by atoms with E-state index in [0.29, 0.717) is 6.54 Å². The average Bonchev–Trinajstić information content (AvgIpc) is 2.30. The molecule has 16 heavy (non-hydrogen) atoms. The van der Waals surface area contributed by atoms with Crippen LogP contribution in [-0.4, -0.2) is 29.0 Å². The van der Waals surface area contributed by atoms with Crippen molar-refractivity contribution >= 4 is 11.8 Å². The normalized spacial score (nSPS) is 9.62. The Bertz CT molecular complexity index is 365. The first kappa shape index (κ1) is 12.2. The first-order chi connectivity index (χ1) is 7.63. The number of benzene rings is 1. The quantitative estimate of drug-likeness (QED) is 0.444. The van der Waals surface area contributed by atoms with Gasteiger partial charge < -0.3 is 4.90 Å². The molecule has 86 valence electrons. The second-order valence-corrected chi connectivity index (χ2v) is 3.45. The van der Waals surface area contributed by atoms with Crippen LogP contribution in [-0.2, 0) is 16.1 Å². The number of carbonyl (C=O) groups excluding carboxylic acids is 2. The lowest BCUT2D eigenvalue weighted by atomic mass is 10.2. The van der Waals surface area contributed by atoms with Gasteiger partial charge in [0, 0.05) is 13.6 Å². The van der Waals surface area contributed by atoms with E-state index < -0.39 is 5.91 Å². The van der Waals surface area contributed by atoms with Crippen molar-refractivity contribution in [3.63, 3.8) is 0 Å². The van der Waals surface area contributed by atoms with Crippen LogP contribution in [0.15, 0.2) is 30.3 Å². The van der Waals surface area contributed by atoms with E-state index in [1.54, 1.807) is 7.05 Å². The van der Waals surface area contributed by atoms with E-state index in [2.05, 4.69) is 0 Å². The topological polar surface area (TPSA) is 69.6 Å². The second-order valence-electron chi connectivity index (χ2n) is 3.45. The van der Waals surface area contributed by atoms with Gasteiger partial charge >= 0.3 is 0 Å². The van der Waals surface area contributed by atoms with Gasteiger partial charge in [0.05, 0.1) is 0 Å². The summed E-state index contributed by atoms with van der Waals surface area (Å²) in [5.74, 6) is -1.04. The summed E-state index contributed by atoms with van der Waals surface area (Å²) in [5.41, 5.74) is 2.42. The van der Waals surface area contributed by atoms with Gasteiger partial charge in [-0.1, -0.05) is 30.3 Å². The molecule has 0 heterocycles. The molecule has 5 nitrogen and oxygen atoms in total. The van der Waals surface area contributed by atoms with Crippen molar-refractivity contribution in [1.82, 2.24) is 10.4 Å². The number of hydrogen-bond donors (Lipinski definition) is 2. The van der Waals surface area contributed by atoms with E-state index in [1.165, 1.54) is 10.4 Å². The molecule has 0 aromatic heterocycles. The second kappa shape index (κ2) is 5.87. The fourth-order valence-corrected chi connectivity index (χ4v) is 1.26. The van der Waals surface area contributed by atoms with E-state index in [4.69, 9.17) is 5.21 Å². The lowest BCUT2D eigenvalue weighted by Gasteiger charge is -2.16. The number of hydroxylamine groups is 1. The summed E-state index contributed by atoms with van der Waals surface area (Å²) < 4.78 is 0.